The van der Waals surface area contributed by atoms with Crippen molar-refractivity contribution in [2.75, 3.05) is 43.8 Å². The van der Waals surface area contributed by atoms with Crippen molar-refractivity contribution in [3.05, 3.63) is 24.5 Å². The fourth-order valence-corrected chi connectivity index (χ4v) is 4.56. The summed E-state index contributed by atoms with van der Waals surface area (Å²) in [6.07, 6.45) is 6.56. The van der Waals surface area contributed by atoms with Crippen LogP contribution in [0, 0.1) is 5.41 Å². The molecule has 0 atom stereocenters. The maximum atomic E-state index is 12.4. The number of anilines is 1. The van der Waals surface area contributed by atoms with E-state index < -0.39 is 10.0 Å². The monoisotopic (exact) mass is 410 g/mol. The summed E-state index contributed by atoms with van der Waals surface area (Å²) in [6, 6.07) is 3.58. The van der Waals surface area contributed by atoms with Crippen LogP contribution in [-0.2, 0) is 14.8 Å². The zero-order chi connectivity index (χ0) is 20.4. The Labute approximate surface area is 167 Å². The van der Waals surface area contributed by atoms with E-state index in [9.17, 15) is 13.2 Å². The van der Waals surface area contributed by atoms with Crippen LogP contribution in [0.25, 0.3) is 0 Å². The quantitative estimate of drug-likeness (QED) is 0.318. The molecule has 1 aliphatic rings. The van der Waals surface area contributed by atoms with Gasteiger partial charge in [-0.05, 0) is 25.0 Å². The maximum absolute atomic E-state index is 12.4. The number of sulfonamides is 1. The van der Waals surface area contributed by atoms with Crippen molar-refractivity contribution in [2.45, 2.75) is 32.6 Å². The molecule has 9 nitrogen and oxygen atoms in total. The molecule has 2 heterocycles. The molecule has 156 valence electrons. The second-order valence-corrected chi connectivity index (χ2v) is 8.89. The van der Waals surface area contributed by atoms with E-state index >= 15 is 0 Å². The van der Waals surface area contributed by atoms with Gasteiger partial charge in [0.05, 0.1) is 5.75 Å². The first-order valence-electron chi connectivity index (χ1n) is 9.61. The molecule has 1 saturated heterocycles. The molecule has 0 unspecified atom stereocenters. The second kappa shape index (κ2) is 11.0. The van der Waals surface area contributed by atoms with Crippen molar-refractivity contribution in [2.24, 2.45) is 0 Å². The number of rotatable bonds is 9. The summed E-state index contributed by atoms with van der Waals surface area (Å²) < 4.78 is 26.3. The lowest BCUT2D eigenvalue weighted by Gasteiger charge is -2.33. The van der Waals surface area contributed by atoms with Gasteiger partial charge in [-0.3, -0.25) is 15.2 Å². The van der Waals surface area contributed by atoms with E-state index in [0.29, 0.717) is 39.1 Å². The van der Waals surface area contributed by atoms with Crippen LogP contribution in [0.5, 0.6) is 0 Å². The number of aromatic nitrogens is 1. The number of piperazine rings is 1. The van der Waals surface area contributed by atoms with Gasteiger partial charge < -0.3 is 15.5 Å². The Morgan fingerprint density at radius 3 is 2.39 bits per heavy atom. The molecule has 1 fully saturated rings. The van der Waals surface area contributed by atoms with E-state index in [2.05, 4.69) is 15.6 Å². The molecule has 0 radical (unpaired) electrons. The number of carbonyl (C=O) groups excluding carboxylic acids is 1. The van der Waals surface area contributed by atoms with Crippen LogP contribution in [0.1, 0.15) is 32.6 Å². The number of nitrogens with one attached hydrogen (secondary N) is 3. The molecule has 1 amide bonds. The Kier molecular flexibility index (Phi) is 8.65. The van der Waals surface area contributed by atoms with E-state index in [1.807, 2.05) is 0 Å². The highest BCUT2D eigenvalue weighted by Crippen LogP contribution is 2.11. The average molecular weight is 411 g/mol. The van der Waals surface area contributed by atoms with E-state index in [-0.39, 0.29) is 17.6 Å². The highest BCUT2D eigenvalue weighted by Gasteiger charge is 2.27. The van der Waals surface area contributed by atoms with Crippen LogP contribution >= 0.6 is 0 Å². The van der Waals surface area contributed by atoms with Gasteiger partial charge in [-0.2, -0.15) is 4.31 Å². The third-order valence-electron chi connectivity index (χ3n) is 4.66. The number of nitrogens with zero attached hydrogens (tertiary/aromatic N) is 3. The van der Waals surface area contributed by atoms with Crippen molar-refractivity contribution in [1.82, 2.24) is 19.5 Å². The van der Waals surface area contributed by atoms with Crippen LogP contribution < -0.4 is 10.6 Å². The summed E-state index contributed by atoms with van der Waals surface area (Å²) >= 11 is 0. The Morgan fingerprint density at radius 2 is 1.75 bits per heavy atom. The van der Waals surface area contributed by atoms with Gasteiger partial charge in [0.25, 0.3) is 0 Å². The number of hydrogen-bond acceptors (Lipinski definition) is 5. The van der Waals surface area contributed by atoms with Crippen molar-refractivity contribution < 1.29 is 13.2 Å². The van der Waals surface area contributed by atoms with E-state index in [1.54, 1.807) is 29.4 Å². The zero-order valence-electron chi connectivity index (χ0n) is 16.4. The molecule has 2 rings (SSSR count). The number of unbranched alkanes of at least 4 members (excludes halogenated alkanes) is 3. The minimum absolute atomic E-state index is 0.00489. The van der Waals surface area contributed by atoms with Gasteiger partial charge in [0, 0.05) is 57.7 Å². The third kappa shape index (κ3) is 7.43. The molecule has 1 aromatic heterocycles. The molecular formula is C18H30N6O3S. The topological polar surface area (TPSA) is 118 Å². The molecule has 1 aliphatic heterocycles. The first-order chi connectivity index (χ1) is 13.4. The number of guanidine groups is 1. The smallest absolute Gasteiger partial charge is 0.219 e. The first kappa shape index (κ1) is 22.1. The zero-order valence-corrected chi connectivity index (χ0v) is 17.2. The maximum Gasteiger partial charge on any atom is 0.219 e. The summed E-state index contributed by atoms with van der Waals surface area (Å²) in [5.74, 6) is 0.383. The average Bonchev–Trinajstić information content (AvgIpc) is 2.68. The van der Waals surface area contributed by atoms with Crippen LogP contribution in [0.2, 0.25) is 0 Å². The summed E-state index contributed by atoms with van der Waals surface area (Å²) in [6.45, 7) is 3.89. The molecule has 10 heteroatoms. The van der Waals surface area contributed by atoms with Gasteiger partial charge in [-0.1, -0.05) is 12.8 Å². The van der Waals surface area contributed by atoms with Gasteiger partial charge in [0.2, 0.25) is 15.9 Å². The Hall–Kier alpha value is -2.20. The molecule has 0 spiro atoms. The number of hydrogen-bond donors (Lipinski definition) is 3. The lowest BCUT2D eigenvalue weighted by molar-refractivity contribution is -0.129. The largest absolute Gasteiger partial charge is 0.356 e. The predicted molar refractivity (Wildman–Crippen MR) is 110 cm³/mol. The summed E-state index contributed by atoms with van der Waals surface area (Å²) in [7, 11) is -3.24. The van der Waals surface area contributed by atoms with Crippen molar-refractivity contribution >= 4 is 27.6 Å². The number of amides is 1. The van der Waals surface area contributed by atoms with Gasteiger partial charge in [-0.15, -0.1) is 0 Å². The summed E-state index contributed by atoms with van der Waals surface area (Å²) in [5.41, 5.74) is 0.807. The van der Waals surface area contributed by atoms with E-state index in [1.165, 1.54) is 11.2 Å². The van der Waals surface area contributed by atoms with Crippen LogP contribution in [-0.4, -0.2) is 73.0 Å². The molecular weight excluding hydrogens is 380 g/mol. The fourth-order valence-electron chi connectivity index (χ4n) is 3.01. The lowest BCUT2D eigenvalue weighted by atomic mass is 10.2. The molecule has 0 aliphatic carbocycles. The van der Waals surface area contributed by atoms with Crippen molar-refractivity contribution in [3.8, 4) is 0 Å². The number of carbonyl (C=O) groups is 1. The Balaban J connectivity index is 1.54. The van der Waals surface area contributed by atoms with E-state index in [0.717, 1.165) is 24.9 Å². The molecule has 3 N–H and O–H groups in total. The highest BCUT2D eigenvalue weighted by molar-refractivity contribution is 7.89. The lowest BCUT2D eigenvalue weighted by Crippen LogP contribution is -2.50. The van der Waals surface area contributed by atoms with E-state index in [4.69, 9.17) is 5.41 Å². The Morgan fingerprint density at radius 1 is 1.11 bits per heavy atom. The third-order valence-corrected chi connectivity index (χ3v) is 6.61. The minimum Gasteiger partial charge on any atom is -0.356 e. The van der Waals surface area contributed by atoms with Gasteiger partial charge in [0.15, 0.2) is 5.96 Å². The Bertz CT molecular complexity index is 733. The van der Waals surface area contributed by atoms with Crippen LogP contribution in [0.4, 0.5) is 5.69 Å². The fraction of sp³-hybridized carbons (Fsp3) is 0.611. The van der Waals surface area contributed by atoms with Gasteiger partial charge in [0.1, 0.15) is 0 Å². The molecule has 0 saturated carbocycles. The normalized spacial score (nSPS) is 15.2. The summed E-state index contributed by atoms with van der Waals surface area (Å²) in [5, 5.41) is 13.8. The highest BCUT2D eigenvalue weighted by atomic mass is 32.2. The van der Waals surface area contributed by atoms with Crippen LogP contribution in [0.3, 0.4) is 0 Å². The molecule has 0 aromatic carbocycles. The standard InChI is InChI=1S/C18H30N6O3S/c1-16(25)23-11-13-24(14-12-23)28(26,27)15-5-3-2-4-8-21-18(19)22-17-6-9-20-10-7-17/h6-7,9-10H,2-5,8,11-15H2,1H3,(H3,19,20,21,22). The molecule has 0 bridgehead atoms. The minimum atomic E-state index is -3.24. The van der Waals surface area contributed by atoms with Crippen molar-refractivity contribution in [3.63, 3.8) is 0 Å². The predicted octanol–water partition coefficient (Wildman–Crippen LogP) is 1.07. The van der Waals surface area contributed by atoms with Gasteiger partial charge in [-0.25, -0.2) is 8.42 Å². The molecule has 28 heavy (non-hydrogen) atoms. The number of pyridine rings is 1. The van der Waals surface area contributed by atoms with Crippen LogP contribution in [0.15, 0.2) is 24.5 Å². The second-order valence-electron chi connectivity index (χ2n) is 6.80. The SMILES string of the molecule is CC(=O)N1CCN(S(=O)(=O)CCCCCCNC(=N)Nc2ccncc2)CC1. The molecule has 1 aromatic rings. The summed E-state index contributed by atoms with van der Waals surface area (Å²) in [4.78, 5) is 16.9. The van der Waals surface area contributed by atoms with Gasteiger partial charge >= 0.3 is 0 Å². The first-order valence-corrected chi connectivity index (χ1v) is 11.2. The van der Waals surface area contributed by atoms with Crippen molar-refractivity contribution in [1.29, 1.82) is 5.41 Å².